The van der Waals surface area contributed by atoms with Gasteiger partial charge < -0.3 is 10.2 Å². The minimum Gasteiger partial charge on any atom is -0.354 e. The van der Waals surface area contributed by atoms with Crippen LogP contribution in [0.3, 0.4) is 0 Å². The van der Waals surface area contributed by atoms with Crippen LogP contribution in [-0.2, 0) is 21.9 Å². The van der Waals surface area contributed by atoms with E-state index in [4.69, 9.17) is 0 Å². The number of hydrogen-bond acceptors (Lipinski definition) is 3. The second kappa shape index (κ2) is 13.2. The summed E-state index contributed by atoms with van der Waals surface area (Å²) in [5.74, 6) is 0.942. The minimum atomic E-state index is -0.526. The van der Waals surface area contributed by atoms with E-state index in [0.717, 1.165) is 33.1 Å². The Bertz CT molecular complexity index is 830. The first-order valence-electron chi connectivity index (χ1n) is 10.0. The number of nitrogens with one attached hydrogen (secondary N) is 1. The van der Waals surface area contributed by atoms with Crippen molar-refractivity contribution >= 4 is 55.4 Å². The Morgan fingerprint density at radius 3 is 2.47 bits per heavy atom. The molecule has 0 aliphatic carbocycles. The summed E-state index contributed by atoms with van der Waals surface area (Å²) in [6.07, 6.45) is 1.95. The fourth-order valence-corrected chi connectivity index (χ4v) is 4.45. The van der Waals surface area contributed by atoms with E-state index in [1.165, 1.54) is 5.56 Å². The van der Waals surface area contributed by atoms with Crippen LogP contribution in [-0.4, -0.2) is 35.1 Å². The Kier molecular flexibility index (Phi) is 11.0. The van der Waals surface area contributed by atoms with Crippen LogP contribution in [0.5, 0.6) is 0 Å². The zero-order valence-corrected chi connectivity index (χ0v) is 21.4. The van der Waals surface area contributed by atoms with Crippen molar-refractivity contribution in [1.82, 2.24) is 10.2 Å². The molecule has 1 N–H and O–H groups in total. The maximum absolute atomic E-state index is 13.1. The van der Waals surface area contributed by atoms with E-state index in [1.54, 1.807) is 23.6 Å². The van der Waals surface area contributed by atoms with E-state index in [1.807, 2.05) is 48.5 Å². The summed E-state index contributed by atoms with van der Waals surface area (Å²) in [4.78, 5) is 27.4. The van der Waals surface area contributed by atoms with Crippen LogP contribution in [0, 0.1) is 0 Å². The molecule has 0 saturated carbocycles. The molecule has 2 aromatic rings. The molecule has 2 amide bonds. The molecule has 2 rings (SSSR count). The molecule has 0 aliphatic rings. The average Bonchev–Trinajstić information content (AvgIpc) is 2.73. The lowest BCUT2D eigenvalue weighted by Gasteiger charge is -2.29. The van der Waals surface area contributed by atoms with Gasteiger partial charge in [0.05, 0.1) is 5.75 Å². The molecule has 0 fully saturated rings. The molecule has 0 aliphatic heterocycles. The normalized spacial score (nSPS) is 11.7. The third-order valence-electron chi connectivity index (χ3n) is 4.65. The first-order chi connectivity index (χ1) is 14.4. The van der Waals surface area contributed by atoms with Crippen LogP contribution in [0.4, 0.5) is 0 Å². The minimum absolute atomic E-state index is 0.0322. The Morgan fingerprint density at radius 1 is 1.07 bits per heavy atom. The lowest BCUT2D eigenvalue weighted by atomic mass is 10.1. The van der Waals surface area contributed by atoms with Crippen LogP contribution >= 0.6 is 43.6 Å². The molecule has 4 nitrogen and oxygen atoms in total. The van der Waals surface area contributed by atoms with E-state index in [-0.39, 0.29) is 11.8 Å². The largest absolute Gasteiger partial charge is 0.354 e. The van der Waals surface area contributed by atoms with E-state index in [2.05, 4.69) is 44.1 Å². The number of amides is 2. The van der Waals surface area contributed by atoms with Crippen molar-refractivity contribution in [2.75, 3.05) is 12.3 Å². The molecule has 162 valence electrons. The third-order valence-corrected chi connectivity index (χ3v) is 6.66. The van der Waals surface area contributed by atoms with Crippen LogP contribution in [0.25, 0.3) is 0 Å². The summed E-state index contributed by atoms with van der Waals surface area (Å²) in [7, 11) is 0. The highest BCUT2D eigenvalue weighted by Crippen LogP contribution is 2.19. The van der Waals surface area contributed by atoms with E-state index in [0.29, 0.717) is 18.8 Å². The SMILES string of the molecule is CCCCNC(=O)[C@H](C)N(Cc1cccc(Br)c1)C(=O)CSCc1ccc(Br)cc1. The standard InChI is InChI=1S/C23H28Br2N2O2S/c1-3-4-12-26-23(29)17(2)27(14-19-6-5-7-21(25)13-19)22(28)16-30-15-18-8-10-20(24)11-9-18/h5-11,13,17H,3-4,12,14-16H2,1-2H3,(H,26,29)/t17-/m0/s1. The molecular formula is C23H28Br2N2O2S. The van der Waals surface area contributed by atoms with Crippen molar-refractivity contribution in [2.24, 2.45) is 0 Å². The van der Waals surface area contributed by atoms with Gasteiger partial charge in [-0.05, 0) is 48.7 Å². The molecule has 0 spiro atoms. The zero-order chi connectivity index (χ0) is 21.9. The molecule has 1 atom stereocenters. The molecule has 2 aromatic carbocycles. The van der Waals surface area contributed by atoms with Crippen LogP contribution in [0.2, 0.25) is 0 Å². The summed E-state index contributed by atoms with van der Waals surface area (Å²) < 4.78 is 1.99. The first kappa shape index (κ1) is 25.0. The smallest absolute Gasteiger partial charge is 0.242 e. The van der Waals surface area contributed by atoms with Gasteiger partial charge in [0.15, 0.2) is 0 Å². The van der Waals surface area contributed by atoms with Gasteiger partial charge in [-0.3, -0.25) is 9.59 Å². The van der Waals surface area contributed by atoms with Gasteiger partial charge in [0.1, 0.15) is 6.04 Å². The predicted molar refractivity (Wildman–Crippen MR) is 132 cm³/mol. The molecule has 30 heavy (non-hydrogen) atoms. The topological polar surface area (TPSA) is 49.4 Å². The Morgan fingerprint density at radius 2 is 1.80 bits per heavy atom. The van der Waals surface area contributed by atoms with Crippen molar-refractivity contribution in [3.8, 4) is 0 Å². The second-order valence-corrected chi connectivity index (χ2v) is 9.91. The lowest BCUT2D eigenvalue weighted by molar-refractivity contribution is -0.138. The van der Waals surface area contributed by atoms with E-state index in [9.17, 15) is 9.59 Å². The third kappa shape index (κ3) is 8.44. The predicted octanol–water partition coefficient (Wildman–Crippen LogP) is 5.78. The van der Waals surface area contributed by atoms with Crippen molar-refractivity contribution in [3.05, 3.63) is 68.6 Å². The maximum Gasteiger partial charge on any atom is 0.242 e. The second-order valence-electron chi connectivity index (χ2n) is 7.09. The van der Waals surface area contributed by atoms with Crippen molar-refractivity contribution < 1.29 is 9.59 Å². The number of rotatable bonds is 11. The molecule has 0 bridgehead atoms. The molecule has 0 saturated heterocycles. The van der Waals surface area contributed by atoms with Crippen molar-refractivity contribution in [1.29, 1.82) is 0 Å². The first-order valence-corrected chi connectivity index (χ1v) is 12.8. The van der Waals surface area contributed by atoms with E-state index >= 15 is 0 Å². The number of unbranched alkanes of at least 4 members (excludes halogenated alkanes) is 1. The molecule has 7 heteroatoms. The molecule has 0 radical (unpaired) electrons. The number of nitrogens with zero attached hydrogens (tertiary/aromatic N) is 1. The fraction of sp³-hybridized carbons (Fsp3) is 0.391. The molecule has 0 heterocycles. The highest BCUT2D eigenvalue weighted by Gasteiger charge is 2.25. The quantitative estimate of drug-likeness (QED) is 0.358. The summed E-state index contributed by atoms with van der Waals surface area (Å²) in [5, 5.41) is 2.95. The average molecular weight is 556 g/mol. The number of benzene rings is 2. The van der Waals surface area contributed by atoms with Crippen molar-refractivity contribution in [3.63, 3.8) is 0 Å². The summed E-state index contributed by atoms with van der Waals surface area (Å²) in [6.45, 7) is 4.92. The van der Waals surface area contributed by atoms with Gasteiger partial charge in [-0.2, -0.15) is 0 Å². The fourth-order valence-electron chi connectivity index (χ4n) is 2.87. The maximum atomic E-state index is 13.1. The van der Waals surface area contributed by atoms with Gasteiger partial charge >= 0.3 is 0 Å². The van der Waals surface area contributed by atoms with Crippen molar-refractivity contribution in [2.45, 2.75) is 45.0 Å². The molecule has 0 unspecified atom stereocenters. The number of thioether (sulfide) groups is 1. The van der Waals surface area contributed by atoms with Gasteiger partial charge in [0.25, 0.3) is 0 Å². The Hall–Kier alpha value is -1.31. The Labute approximate surface area is 200 Å². The summed E-state index contributed by atoms with van der Waals surface area (Å²) in [5.41, 5.74) is 2.16. The van der Waals surface area contributed by atoms with Crippen LogP contribution in [0.1, 0.15) is 37.8 Å². The summed E-state index contributed by atoms with van der Waals surface area (Å²) >= 11 is 8.48. The monoisotopic (exact) mass is 554 g/mol. The number of halogens is 2. The highest BCUT2D eigenvalue weighted by atomic mass is 79.9. The van der Waals surface area contributed by atoms with Crippen LogP contribution in [0.15, 0.2) is 57.5 Å². The highest BCUT2D eigenvalue weighted by molar-refractivity contribution is 9.10. The number of carbonyl (C=O) groups is 2. The van der Waals surface area contributed by atoms with Crippen LogP contribution < -0.4 is 5.32 Å². The zero-order valence-electron chi connectivity index (χ0n) is 17.4. The lowest BCUT2D eigenvalue weighted by Crippen LogP contribution is -2.48. The van der Waals surface area contributed by atoms with Gasteiger partial charge in [0.2, 0.25) is 11.8 Å². The Balaban J connectivity index is 2.03. The van der Waals surface area contributed by atoms with Gasteiger partial charge in [0, 0.05) is 27.8 Å². The van der Waals surface area contributed by atoms with Gasteiger partial charge in [-0.15, -0.1) is 11.8 Å². The van der Waals surface area contributed by atoms with Gasteiger partial charge in [-0.1, -0.05) is 69.5 Å². The molecular weight excluding hydrogens is 528 g/mol. The van der Waals surface area contributed by atoms with Gasteiger partial charge in [-0.25, -0.2) is 0 Å². The van der Waals surface area contributed by atoms with E-state index < -0.39 is 6.04 Å². The summed E-state index contributed by atoms with van der Waals surface area (Å²) in [6, 6.07) is 15.4. The number of carbonyl (C=O) groups excluding carboxylic acids is 2. The number of hydrogen-bond donors (Lipinski definition) is 1. The molecule has 0 aromatic heterocycles.